The Morgan fingerprint density at radius 1 is 1.06 bits per heavy atom. The molecule has 2 aromatic heterocycles. The number of aryl methyl sites for hydroxylation is 1. The fourth-order valence-electron chi connectivity index (χ4n) is 3.92. The first kappa shape index (κ1) is 25.5. The van der Waals surface area contributed by atoms with E-state index in [0.29, 0.717) is 24.2 Å². The molecule has 0 fully saturated rings. The summed E-state index contributed by atoms with van der Waals surface area (Å²) in [7, 11) is 3.25. The summed E-state index contributed by atoms with van der Waals surface area (Å²) in [5.41, 5.74) is 2.47. The van der Waals surface area contributed by atoms with Gasteiger partial charge in [0.05, 0.1) is 5.56 Å². The molecule has 2 heterocycles. The highest BCUT2D eigenvalue weighted by Gasteiger charge is 2.37. The van der Waals surface area contributed by atoms with Gasteiger partial charge in [-0.2, -0.15) is 5.10 Å². The van der Waals surface area contributed by atoms with E-state index in [1.807, 2.05) is 22.9 Å². The number of ether oxygens (including phenoxy) is 2. The molecule has 0 saturated heterocycles. The number of hydrogen-bond donors (Lipinski definition) is 1. The first-order valence-corrected chi connectivity index (χ1v) is 11.8. The number of carboxylic acid groups (broad SMARTS) is 1. The van der Waals surface area contributed by atoms with Gasteiger partial charge < -0.3 is 14.6 Å². The summed E-state index contributed by atoms with van der Waals surface area (Å²) in [6, 6.07) is 10.7. The van der Waals surface area contributed by atoms with E-state index < -0.39 is 11.8 Å². The number of unbranched alkanes of at least 4 members (excludes halogenated alkanes) is 2. The van der Waals surface area contributed by atoms with Gasteiger partial charge in [0.1, 0.15) is 5.82 Å². The molecule has 0 bridgehead atoms. The molecule has 0 aliphatic rings. The average Bonchev–Trinajstić information content (AvgIpc) is 3.27. The van der Waals surface area contributed by atoms with Crippen molar-refractivity contribution in [3.8, 4) is 11.1 Å². The summed E-state index contributed by atoms with van der Waals surface area (Å²) in [6.45, 7) is 5.02. The largest absolute Gasteiger partial charge is 0.478 e. The van der Waals surface area contributed by atoms with Gasteiger partial charge in [0.2, 0.25) is 11.6 Å². The molecule has 0 spiro atoms. The van der Waals surface area contributed by atoms with Crippen molar-refractivity contribution in [2.24, 2.45) is 0 Å². The number of aromatic nitrogens is 4. The SMILES string of the molecule is CCCCn1nc(C(CCCC)(OC)OC)nc1Cc1ccc(-c2ccccc2C(=O)O)cn1. The molecule has 0 aliphatic carbocycles. The average molecular weight is 467 g/mol. The molecule has 3 rings (SSSR count). The van der Waals surface area contributed by atoms with Crippen LogP contribution in [0, 0.1) is 0 Å². The summed E-state index contributed by atoms with van der Waals surface area (Å²) in [6.07, 6.45) is 6.84. The van der Waals surface area contributed by atoms with Crippen molar-refractivity contribution < 1.29 is 19.4 Å². The molecule has 0 saturated carbocycles. The first-order chi connectivity index (χ1) is 16.5. The lowest BCUT2D eigenvalue weighted by Gasteiger charge is -2.27. The van der Waals surface area contributed by atoms with E-state index in [9.17, 15) is 9.90 Å². The normalized spacial score (nSPS) is 11.6. The van der Waals surface area contributed by atoms with Crippen LogP contribution in [0.5, 0.6) is 0 Å². The Balaban J connectivity index is 1.90. The molecule has 0 atom stereocenters. The fraction of sp³-hybridized carbons (Fsp3) is 0.462. The zero-order chi connectivity index (χ0) is 24.6. The van der Waals surface area contributed by atoms with Gasteiger partial charge in [0.15, 0.2) is 0 Å². The summed E-state index contributed by atoms with van der Waals surface area (Å²) >= 11 is 0. The molecule has 8 nitrogen and oxygen atoms in total. The highest BCUT2D eigenvalue weighted by molar-refractivity contribution is 5.95. The molecule has 0 unspecified atom stereocenters. The number of nitrogens with zero attached hydrogens (tertiary/aromatic N) is 4. The lowest BCUT2D eigenvalue weighted by Crippen LogP contribution is -2.32. The van der Waals surface area contributed by atoms with Gasteiger partial charge in [-0.25, -0.2) is 14.5 Å². The van der Waals surface area contributed by atoms with E-state index in [0.717, 1.165) is 49.3 Å². The van der Waals surface area contributed by atoms with E-state index in [1.165, 1.54) is 0 Å². The molecular weight excluding hydrogens is 432 g/mol. The molecule has 0 aliphatic heterocycles. The minimum absolute atomic E-state index is 0.253. The Morgan fingerprint density at radius 3 is 2.41 bits per heavy atom. The molecule has 1 aromatic carbocycles. The number of hydrogen-bond acceptors (Lipinski definition) is 6. The summed E-state index contributed by atoms with van der Waals surface area (Å²) in [4.78, 5) is 21.0. The number of aromatic carboxylic acids is 1. The highest BCUT2D eigenvalue weighted by atomic mass is 16.7. The predicted octanol–water partition coefficient (Wildman–Crippen LogP) is 5.07. The molecule has 0 radical (unpaired) electrons. The zero-order valence-corrected chi connectivity index (χ0v) is 20.5. The number of carbonyl (C=O) groups is 1. The van der Waals surface area contributed by atoms with Crippen LogP contribution in [-0.4, -0.2) is 45.0 Å². The van der Waals surface area contributed by atoms with Gasteiger partial charge >= 0.3 is 5.97 Å². The Hall–Kier alpha value is -3.10. The van der Waals surface area contributed by atoms with Crippen LogP contribution in [0.25, 0.3) is 11.1 Å². The first-order valence-electron chi connectivity index (χ1n) is 11.8. The maximum absolute atomic E-state index is 11.6. The molecule has 1 N–H and O–H groups in total. The van der Waals surface area contributed by atoms with Crippen molar-refractivity contribution in [2.45, 2.75) is 64.7 Å². The molecule has 0 amide bonds. The second kappa shape index (κ2) is 11.9. The Kier molecular flexibility index (Phi) is 8.90. The Labute approximate surface area is 201 Å². The number of methoxy groups -OCH3 is 2. The number of benzene rings is 1. The third-order valence-corrected chi connectivity index (χ3v) is 5.96. The molecule has 182 valence electrons. The summed E-state index contributed by atoms with van der Waals surface area (Å²) in [5, 5.41) is 14.3. The van der Waals surface area contributed by atoms with Gasteiger partial charge in [-0.1, -0.05) is 51.0 Å². The third kappa shape index (κ3) is 5.69. The standard InChI is InChI=1S/C26H34N4O4/c1-5-7-15-26(33-3,34-4)25-28-23(30(29-25)16-8-6-2)17-20-14-13-19(18-27-20)21-11-9-10-12-22(21)24(31)32/h9-14,18H,5-8,15-17H2,1-4H3,(H,31,32). The molecular formula is C26H34N4O4. The monoisotopic (exact) mass is 466 g/mol. The van der Waals surface area contributed by atoms with Crippen molar-refractivity contribution in [1.29, 1.82) is 0 Å². The van der Waals surface area contributed by atoms with Crippen LogP contribution in [0.15, 0.2) is 42.6 Å². The number of carboxylic acids is 1. The summed E-state index contributed by atoms with van der Waals surface area (Å²) in [5.74, 6) is -0.604. The van der Waals surface area contributed by atoms with Gasteiger partial charge in [0.25, 0.3) is 0 Å². The smallest absolute Gasteiger partial charge is 0.336 e. The lowest BCUT2D eigenvalue weighted by molar-refractivity contribution is -0.226. The van der Waals surface area contributed by atoms with Crippen LogP contribution < -0.4 is 0 Å². The van der Waals surface area contributed by atoms with Gasteiger partial charge in [-0.05, 0) is 30.5 Å². The fourth-order valence-corrected chi connectivity index (χ4v) is 3.92. The van der Waals surface area contributed by atoms with Crippen LogP contribution in [0.2, 0.25) is 0 Å². The van der Waals surface area contributed by atoms with Crippen LogP contribution in [0.4, 0.5) is 0 Å². The maximum atomic E-state index is 11.6. The zero-order valence-electron chi connectivity index (χ0n) is 20.5. The van der Waals surface area contributed by atoms with Crippen LogP contribution in [0.1, 0.15) is 73.7 Å². The predicted molar refractivity (Wildman–Crippen MR) is 130 cm³/mol. The van der Waals surface area contributed by atoms with E-state index in [2.05, 4.69) is 18.8 Å². The van der Waals surface area contributed by atoms with E-state index >= 15 is 0 Å². The van der Waals surface area contributed by atoms with Crippen molar-refractivity contribution in [2.75, 3.05) is 14.2 Å². The Bertz CT molecular complexity index is 1070. The van der Waals surface area contributed by atoms with Crippen LogP contribution in [-0.2, 0) is 28.2 Å². The number of pyridine rings is 1. The van der Waals surface area contributed by atoms with Gasteiger partial charge in [-0.3, -0.25) is 4.98 Å². The second-order valence-electron chi connectivity index (χ2n) is 8.26. The molecule has 34 heavy (non-hydrogen) atoms. The number of rotatable bonds is 13. The van der Waals surface area contributed by atoms with Crippen molar-refractivity contribution in [1.82, 2.24) is 19.7 Å². The van der Waals surface area contributed by atoms with Crippen molar-refractivity contribution >= 4 is 5.97 Å². The quantitative estimate of drug-likeness (QED) is 0.351. The summed E-state index contributed by atoms with van der Waals surface area (Å²) < 4.78 is 13.5. The van der Waals surface area contributed by atoms with Crippen molar-refractivity contribution in [3.63, 3.8) is 0 Å². The topological polar surface area (TPSA) is 99.4 Å². The third-order valence-electron chi connectivity index (χ3n) is 5.96. The van der Waals surface area contributed by atoms with Crippen molar-refractivity contribution in [3.05, 3.63) is 65.5 Å². The van der Waals surface area contributed by atoms with Crippen LogP contribution in [0.3, 0.4) is 0 Å². The van der Waals surface area contributed by atoms with Crippen LogP contribution >= 0.6 is 0 Å². The lowest BCUT2D eigenvalue weighted by atomic mass is 10.0. The Morgan fingerprint density at radius 2 is 1.79 bits per heavy atom. The molecule has 3 aromatic rings. The van der Waals surface area contributed by atoms with E-state index in [4.69, 9.17) is 19.6 Å². The molecule has 8 heteroatoms. The maximum Gasteiger partial charge on any atom is 0.336 e. The van der Waals surface area contributed by atoms with E-state index in [-0.39, 0.29) is 5.56 Å². The van der Waals surface area contributed by atoms with E-state index in [1.54, 1.807) is 38.6 Å². The van der Waals surface area contributed by atoms with Gasteiger partial charge in [-0.15, -0.1) is 0 Å². The second-order valence-corrected chi connectivity index (χ2v) is 8.26. The van der Waals surface area contributed by atoms with Gasteiger partial charge in [0, 0.05) is 51.1 Å². The minimum Gasteiger partial charge on any atom is -0.478 e. The highest BCUT2D eigenvalue weighted by Crippen LogP contribution is 2.30. The minimum atomic E-state index is -0.972.